The van der Waals surface area contributed by atoms with Crippen LogP contribution < -0.4 is 14.4 Å². The van der Waals surface area contributed by atoms with Crippen LogP contribution in [0.15, 0.2) is 24.5 Å². The molecule has 0 radical (unpaired) electrons. The summed E-state index contributed by atoms with van der Waals surface area (Å²) in [6.07, 6.45) is 5.16. The second-order valence-corrected chi connectivity index (χ2v) is 9.66. The van der Waals surface area contributed by atoms with Crippen LogP contribution in [0.3, 0.4) is 0 Å². The highest BCUT2D eigenvalue weighted by Crippen LogP contribution is 2.40. The normalized spacial score (nSPS) is 18.5. The van der Waals surface area contributed by atoms with Crippen LogP contribution in [0.25, 0.3) is 10.2 Å². The van der Waals surface area contributed by atoms with Crippen molar-refractivity contribution in [1.29, 1.82) is 0 Å². The third-order valence-corrected chi connectivity index (χ3v) is 7.73. The maximum Gasteiger partial charge on any atom is 0.254 e. The number of benzene rings is 1. The van der Waals surface area contributed by atoms with Crippen LogP contribution in [-0.2, 0) is 12.8 Å². The van der Waals surface area contributed by atoms with Crippen molar-refractivity contribution in [3.63, 3.8) is 0 Å². The van der Waals surface area contributed by atoms with Gasteiger partial charge in [0.1, 0.15) is 17.0 Å². The van der Waals surface area contributed by atoms with Gasteiger partial charge in [0.2, 0.25) is 0 Å². The molecule has 8 heteroatoms. The number of rotatable bonds is 4. The zero-order chi connectivity index (χ0) is 22.2. The molecule has 3 heterocycles. The molecule has 0 N–H and O–H groups in total. The van der Waals surface area contributed by atoms with Gasteiger partial charge >= 0.3 is 0 Å². The number of nitrogens with zero attached hydrogens (tertiary/aromatic N) is 4. The number of thiophene rings is 1. The lowest BCUT2D eigenvalue weighted by Crippen LogP contribution is -2.49. The van der Waals surface area contributed by atoms with Crippen LogP contribution in [0.4, 0.5) is 5.82 Å². The lowest BCUT2D eigenvalue weighted by atomic mass is 9.89. The average Bonchev–Trinajstić information content (AvgIpc) is 3.20. The van der Waals surface area contributed by atoms with E-state index in [4.69, 9.17) is 9.47 Å². The third-order valence-electron chi connectivity index (χ3n) is 6.57. The Balaban J connectivity index is 1.34. The van der Waals surface area contributed by atoms with Crippen molar-refractivity contribution in [2.24, 2.45) is 5.92 Å². The van der Waals surface area contributed by atoms with E-state index >= 15 is 0 Å². The van der Waals surface area contributed by atoms with Gasteiger partial charge in [-0.1, -0.05) is 6.92 Å². The SMILES string of the molecule is COc1ccc(C(=O)N2CCN(c3ncnc4sc5c(c34)CCC(C)C5)CC2)cc1OC. The van der Waals surface area contributed by atoms with E-state index in [0.717, 1.165) is 42.5 Å². The van der Waals surface area contributed by atoms with Gasteiger partial charge in [0.05, 0.1) is 19.6 Å². The first-order valence-electron chi connectivity index (χ1n) is 11.1. The number of fused-ring (bicyclic) bond motifs is 3. The Hall–Kier alpha value is -2.87. The molecule has 5 rings (SSSR count). The molecule has 32 heavy (non-hydrogen) atoms. The Morgan fingerprint density at radius 3 is 2.62 bits per heavy atom. The highest BCUT2D eigenvalue weighted by molar-refractivity contribution is 7.19. The van der Waals surface area contributed by atoms with Gasteiger partial charge < -0.3 is 19.3 Å². The van der Waals surface area contributed by atoms with Crippen LogP contribution in [-0.4, -0.2) is 61.2 Å². The lowest BCUT2D eigenvalue weighted by molar-refractivity contribution is 0.0746. The molecule has 1 saturated heterocycles. The summed E-state index contributed by atoms with van der Waals surface area (Å²) in [5.41, 5.74) is 2.06. The largest absolute Gasteiger partial charge is 0.493 e. The van der Waals surface area contributed by atoms with E-state index in [2.05, 4.69) is 21.8 Å². The van der Waals surface area contributed by atoms with Crippen molar-refractivity contribution in [1.82, 2.24) is 14.9 Å². The monoisotopic (exact) mass is 452 g/mol. The third kappa shape index (κ3) is 3.66. The van der Waals surface area contributed by atoms with Gasteiger partial charge in [-0.05, 0) is 48.9 Å². The summed E-state index contributed by atoms with van der Waals surface area (Å²) in [5, 5.41) is 1.24. The number of aromatic nitrogens is 2. The number of carbonyl (C=O) groups excluding carboxylic acids is 1. The molecule has 168 valence electrons. The highest BCUT2D eigenvalue weighted by atomic mass is 32.1. The van der Waals surface area contributed by atoms with E-state index in [1.807, 2.05) is 16.2 Å². The molecule has 2 aromatic heterocycles. The second kappa shape index (κ2) is 8.58. The average molecular weight is 453 g/mol. The Morgan fingerprint density at radius 1 is 1.09 bits per heavy atom. The van der Waals surface area contributed by atoms with E-state index in [0.29, 0.717) is 30.2 Å². The molecule has 1 atom stereocenters. The van der Waals surface area contributed by atoms with Crippen molar-refractivity contribution in [3.05, 3.63) is 40.5 Å². The van der Waals surface area contributed by atoms with Crippen molar-refractivity contribution < 1.29 is 14.3 Å². The van der Waals surface area contributed by atoms with Crippen LogP contribution in [0, 0.1) is 5.92 Å². The van der Waals surface area contributed by atoms with Crippen LogP contribution >= 0.6 is 11.3 Å². The van der Waals surface area contributed by atoms with Crippen LogP contribution in [0.5, 0.6) is 11.5 Å². The number of amides is 1. The Labute approximate surface area is 192 Å². The topological polar surface area (TPSA) is 67.8 Å². The number of aryl methyl sites for hydroxylation is 1. The molecule has 1 aliphatic heterocycles. The summed E-state index contributed by atoms with van der Waals surface area (Å²) in [7, 11) is 3.17. The molecular weight excluding hydrogens is 424 g/mol. The highest BCUT2D eigenvalue weighted by Gasteiger charge is 2.28. The number of methoxy groups -OCH3 is 2. The molecule has 1 aromatic carbocycles. The number of piperazine rings is 1. The van der Waals surface area contributed by atoms with Gasteiger partial charge in [-0.15, -0.1) is 11.3 Å². The van der Waals surface area contributed by atoms with Gasteiger partial charge in [-0.2, -0.15) is 0 Å². The second-order valence-electron chi connectivity index (χ2n) is 8.58. The zero-order valence-corrected chi connectivity index (χ0v) is 19.6. The van der Waals surface area contributed by atoms with Crippen molar-refractivity contribution in [3.8, 4) is 11.5 Å². The van der Waals surface area contributed by atoms with Crippen LogP contribution in [0.2, 0.25) is 0 Å². The summed E-state index contributed by atoms with van der Waals surface area (Å²) < 4.78 is 10.6. The molecule has 2 aliphatic rings. The summed E-state index contributed by atoms with van der Waals surface area (Å²) in [5.74, 6) is 2.96. The molecule has 1 amide bonds. The number of hydrogen-bond donors (Lipinski definition) is 0. The first-order valence-corrected chi connectivity index (χ1v) is 11.9. The fourth-order valence-corrected chi connectivity index (χ4v) is 6.12. The minimum atomic E-state index is 0.0142. The molecule has 1 unspecified atom stereocenters. The molecule has 1 aliphatic carbocycles. The molecule has 1 fully saturated rings. The number of carbonyl (C=O) groups is 1. The smallest absolute Gasteiger partial charge is 0.254 e. The summed E-state index contributed by atoms with van der Waals surface area (Å²) in [4.78, 5) is 29.1. The minimum Gasteiger partial charge on any atom is -0.493 e. The number of anilines is 1. The lowest BCUT2D eigenvalue weighted by Gasteiger charge is -2.36. The van der Waals surface area contributed by atoms with E-state index in [1.54, 1.807) is 38.7 Å². The Bertz CT molecular complexity index is 1150. The molecule has 0 bridgehead atoms. The summed E-state index contributed by atoms with van der Waals surface area (Å²) in [6.45, 7) is 5.15. The predicted molar refractivity (Wildman–Crippen MR) is 126 cm³/mol. The first kappa shape index (κ1) is 21.0. The molecule has 7 nitrogen and oxygen atoms in total. The first-order chi connectivity index (χ1) is 15.6. The van der Waals surface area contributed by atoms with Gasteiger partial charge in [0, 0.05) is 36.6 Å². The molecule has 0 saturated carbocycles. The summed E-state index contributed by atoms with van der Waals surface area (Å²) in [6, 6.07) is 5.32. The van der Waals surface area contributed by atoms with Crippen molar-refractivity contribution >= 4 is 33.3 Å². The van der Waals surface area contributed by atoms with E-state index in [9.17, 15) is 4.79 Å². The fourth-order valence-electron chi connectivity index (χ4n) is 4.77. The van der Waals surface area contributed by atoms with Crippen molar-refractivity contribution in [2.45, 2.75) is 26.2 Å². The van der Waals surface area contributed by atoms with Gasteiger partial charge in [-0.3, -0.25) is 4.79 Å². The maximum absolute atomic E-state index is 13.1. The quantitative estimate of drug-likeness (QED) is 0.600. The Kier molecular flexibility index (Phi) is 5.63. The number of ether oxygens (including phenoxy) is 2. The van der Waals surface area contributed by atoms with Gasteiger partial charge in [0.15, 0.2) is 11.5 Å². The number of hydrogen-bond acceptors (Lipinski definition) is 7. The fraction of sp³-hybridized carbons (Fsp3) is 0.458. The molecule has 3 aromatic rings. The van der Waals surface area contributed by atoms with E-state index in [-0.39, 0.29) is 5.91 Å². The van der Waals surface area contributed by atoms with E-state index < -0.39 is 0 Å². The van der Waals surface area contributed by atoms with Crippen LogP contribution in [0.1, 0.15) is 34.1 Å². The zero-order valence-electron chi connectivity index (χ0n) is 18.8. The van der Waals surface area contributed by atoms with E-state index in [1.165, 1.54) is 22.2 Å². The standard InChI is InChI=1S/C24H28N4O3S/c1-15-4-6-17-20(12-15)32-23-21(17)22(25-14-26-23)27-8-10-28(11-9-27)24(29)16-5-7-18(30-2)19(13-16)31-3/h5,7,13-15H,4,6,8-12H2,1-3H3. The Morgan fingerprint density at radius 2 is 1.88 bits per heavy atom. The minimum absolute atomic E-state index is 0.0142. The molecular formula is C24H28N4O3S. The molecule has 0 spiro atoms. The predicted octanol–water partition coefficient (Wildman–Crippen LogP) is 3.80. The summed E-state index contributed by atoms with van der Waals surface area (Å²) >= 11 is 1.83. The maximum atomic E-state index is 13.1. The van der Waals surface area contributed by atoms with Crippen molar-refractivity contribution in [2.75, 3.05) is 45.3 Å². The van der Waals surface area contributed by atoms with Gasteiger partial charge in [-0.25, -0.2) is 9.97 Å². The van der Waals surface area contributed by atoms with Gasteiger partial charge in [0.25, 0.3) is 5.91 Å².